The lowest BCUT2D eigenvalue weighted by atomic mass is 9.85. The lowest BCUT2D eigenvalue weighted by Gasteiger charge is -2.22. The van der Waals surface area contributed by atoms with Gasteiger partial charge in [-0.15, -0.1) is 0 Å². The summed E-state index contributed by atoms with van der Waals surface area (Å²) in [5, 5.41) is 6.06. The summed E-state index contributed by atoms with van der Waals surface area (Å²) in [5.41, 5.74) is 0.886. The Morgan fingerprint density at radius 2 is 2.04 bits per heavy atom. The van der Waals surface area contributed by atoms with Gasteiger partial charge in [0.15, 0.2) is 5.69 Å². The summed E-state index contributed by atoms with van der Waals surface area (Å²) in [6, 6.07) is 5.57. The van der Waals surface area contributed by atoms with Crippen molar-refractivity contribution in [3.05, 3.63) is 46.8 Å². The molecule has 25 heavy (non-hydrogen) atoms. The lowest BCUT2D eigenvalue weighted by Crippen LogP contribution is -2.21. The number of alkyl halides is 3. The van der Waals surface area contributed by atoms with Crippen LogP contribution in [0.25, 0.3) is 0 Å². The second-order valence-electron chi connectivity index (χ2n) is 7.28. The summed E-state index contributed by atoms with van der Waals surface area (Å²) in [4.78, 5) is 12.5. The minimum absolute atomic E-state index is 0.152. The van der Waals surface area contributed by atoms with Crippen molar-refractivity contribution < 1.29 is 18.0 Å². The number of rotatable bonds is 2. The second-order valence-corrected chi connectivity index (χ2v) is 7.28. The van der Waals surface area contributed by atoms with Gasteiger partial charge < -0.3 is 5.32 Å². The Hall–Kier alpha value is -2.31. The van der Waals surface area contributed by atoms with Gasteiger partial charge in [0.25, 0.3) is 5.91 Å². The van der Waals surface area contributed by atoms with E-state index in [1.807, 2.05) is 12.1 Å². The molecule has 1 aliphatic rings. The number of nitrogens with one attached hydrogen (secondary N) is 1. The lowest BCUT2D eigenvalue weighted by molar-refractivity contribution is -0.141. The smallest absolute Gasteiger partial charge is 0.322 e. The van der Waals surface area contributed by atoms with Crippen LogP contribution in [0.4, 0.5) is 18.9 Å². The third-order valence-corrected chi connectivity index (χ3v) is 4.71. The fraction of sp³-hybridized carbons (Fsp3) is 0.444. The van der Waals surface area contributed by atoms with Gasteiger partial charge in [-0.25, -0.2) is 0 Å². The van der Waals surface area contributed by atoms with Gasteiger partial charge in [0.1, 0.15) is 0 Å². The maximum Gasteiger partial charge on any atom is 0.435 e. The van der Waals surface area contributed by atoms with Crippen LogP contribution in [-0.4, -0.2) is 15.7 Å². The molecular weight excluding hydrogens is 331 g/mol. The zero-order valence-electron chi connectivity index (χ0n) is 14.5. The highest BCUT2D eigenvalue weighted by Gasteiger charge is 2.40. The number of hydrogen-bond donors (Lipinski definition) is 1. The molecule has 0 bridgehead atoms. The van der Waals surface area contributed by atoms with Gasteiger partial charge >= 0.3 is 6.18 Å². The Kier molecular flexibility index (Phi) is 3.93. The van der Waals surface area contributed by atoms with Crippen LogP contribution in [0.3, 0.4) is 0 Å². The number of benzene rings is 1. The molecule has 1 amide bonds. The monoisotopic (exact) mass is 351 g/mol. The van der Waals surface area contributed by atoms with E-state index in [1.165, 1.54) is 7.05 Å². The minimum atomic E-state index is -4.68. The second kappa shape index (κ2) is 5.61. The molecular formula is C18H20F3N3O. The SMILES string of the molecule is C[C@H]1CC(C)(C)c2c(NC(=O)c3cn(C)nc3C(F)(F)F)cccc21. The Morgan fingerprint density at radius 1 is 1.36 bits per heavy atom. The Bertz CT molecular complexity index is 837. The van der Waals surface area contributed by atoms with Crippen LogP contribution in [0.2, 0.25) is 0 Å². The highest BCUT2D eigenvalue weighted by atomic mass is 19.4. The fourth-order valence-electron chi connectivity index (χ4n) is 3.87. The van der Waals surface area contributed by atoms with Gasteiger partial charge in [-0.2, -0.15) is 18.3 Å². The van der Waals surface area contributed by atoms with E-state index in [4.69, 9.17) is 0 Å². The summed E-state index contributed by atoms with van der Waals surface area (Å²) >= 11 is 0. The van der Waals surface area contributed by atoms with Crippen LogP contribution in [0, 0.1) is 0 Å². The first-order valence-electron chi connectivity index (χ1n) is 8.06. The number of aryl methyl sites for hydroxylation is 1. The molecule has 1 atom stereocenters. The van der Waals surface area contributed by atoms with Gasteiger partial charge in [0.05, 0.1) is 5.56 Å². The average molecular weight is 351 g/mol. The van der Waals surface area contributed by atoms with E-state index in [9.17, 15) is 18.0 Å². The standard InChI is InChI=1S/C18H20F3N3O/c1-10-8-17(2,3)14-11(10)6-5-7-13(14)22-16(25)12-9-24(4)23-15(12)18(19,20)21/h5-7,9-10H,8H2,1-4H3,(H,22,25)/t10-/m0/s1. The van der Waals surface area contributed by atoms with E-state index < -0.39 is 23.3 Å². The van der Waals surface area contributed by atoms with Crippen molar-refractivity contribution in [2.45, 2.75) is 44.7 Å². The molecule has 2 aromatic rings. The summed E-state index contributed by atoms with van der Waals surface area (Å²) in [5.74, 6) is -0.463. The number of hydrogen-bond acceptors (Lipinski definition) is 2. The molecule has 0 aliphatic heterocycles. The van der Waals surface area contributed by atoms with E-state index in [0.29, 0.717) is 11.6 Å². The third kappa shape index (κ3) is 3.03. The molecule has 1 aromatic carbocycles. The molecule has 0 saturated heterocycles. The molecule has 0 unspecified atom stereocenters. The van der Waals surface area contributed by atoms with Crippen molar-refractivity contribution in [2.24, 2.45) is 7.05 Å². The molecule has 0 saturated carbocycles. The van der Waals surface area contributed by atoms with Crippen LogP contribution in [-0.2, 0) is 18.6 Å². The molecule has 0 radical (unpaired) electrons. The van der Waals surface area contributed by atoms with Crippen molar-refractivity contribution in [2.75, 3.05) is 5.32 Å². The predicted molar refractivity (Wildman–Crippen MR) is 88.7 cm³/mol. The van der Waals surface area contributed by atoms with Crippen LogP contribution in [0.1, 0.15) is 60.3 Å². The summed E-state index contributed by atoms with van der Waals surface area (Å²) < 4.78 is 40.3. The van der Waals surface area contributed by atoms with Crippen molar-refractivity contribution in [3.63, 3.8) is 0 Å². The molecule has 1 aliphatic carbocycles. The minimum Gasteiger partial charge on any atom is -0.322 e. The Morgan fingerprint density at radius 3 is 2.68 bits per heavy atom. The van der Waals surface area contributed by atoms with Crippen molar-refractivity contribution >= 4 is 11.6 Å². The number of aromatic nitrogens is 2. The zero-order valence-corrected chi connectivity index (χ0v) is 14.5. The summed E-state index contributed by atoms with van der Waals surface area (Å²) in [6.07, 6.45) is -2.66. The van der Waals surface area contributed by atoms with Crippen LogP contribution >= 0.6 is 0 Å². The normalized spacial score (nSPS) is 18.9. The molecule has 3 rings (SSSR count). The molecule has 0 spiro atoms. The van der Waals surface area contributed by atoms with E-state index in [1.54, 1.807) is 6.07 Å². The van der Waals surface area contributed by atoms with Crippen LogP contribution < -0.4 is 5.32 Å². The van der Waals surface area contributed by atoms with E-state index in [-0.39, 0.29) is 5.41 Å². The maximum absolute atomic E-state index is 13.1. The Labute approximate surface area is 144 Å². The fourth-order valence-corrected chi connectivity index (χ4v) is 3.87. The number of anilines is 1. The molecule has 7 heteroatoms. The van der Waals surface area contributed by atoms with E-state index in [0.717, 1.165) is 28.4 Å². The molecule has 0 fully saturated rings. The molecule has 1 aromatic heterocycles. The first-order chi connectivity index (χ1) is 11.5. The predicted octanol–water partition coefficient (Wildman–Crippen LogP) is 4.48. The zero-order chi connectivity index (χ0) is 18.6. The van der Waals surface area contributed by atoms with Crippen LogP contribution in [0.15, 0.2) is 24.4 Å². The van der Waals surface area contributed by atoms with E-state index >= 15 is 0 Å². The average Bonchev–Trinajstić information content (AvgIpc) is 2.98. The van der Waals surface area contributed by atoms with Crippen LogP contribution in [0.5, 0.6) is 0 Å². The third-order valence-electron chi connectivity index (χ3n) is 4.71. The van der Waals surface area contributed by atoms with Gasteiger partial charge in [0, 0.05) is 18.9 Å². The summed E-state index contributed by atoms with van der Waals surface area (Å²) in [7, 11) is 1.36. The molecule has 1 N–H and O–H groups in total. The molecule has 1 heterocycles. The van der Waals surface area contributed by atoms with Gasteiger partial charge in [-0.3, -0.25) is 9.48 Å². The molecule has 4 nitrogen and oxygen atoms in total. The summed E-state index contributed by atoms with van der Waals surface area (Å²) in [6.45, 7) is 6.27. The number of amides is 1. The van der Waals surface area contributed by atoms with Crippen molar-refractivity contribution in [1.29, 1.82) is 0 Å². The molecule has 134 valence electrons. The quantitative estimate of drug-likeness (QED) is 0.867. The number of halogens is 3. The van der Waals surface area contributed by atoms with Gasteiger partial charge in [-0.05, 0) is 34.9 Å². The first kappa shape index (κ1) is 17.5. The Balaban J connectivity index is 2.00. The highest BCUT2D eigenvalue weighted by Crippen LogP contribution is 2.48. The maximum atomic E-state index is 13.1. The van der Waals surface area contributed by atoms with Crippen molar-refractivity contribution in [1.82, 2.24) is 9.78 Å². The van der Waals surface area contributed by atoms with Crippen molar-refractivity contribution in [3.8, 4) is 0 Å². The number of carbonyl (C=O) groups excluding carboxylic acids is 1. The number of carbonyl (C=O) groups is 1. The highest BCUT2D eigenvalue weighted by molar-refractivity contribution is 6.05. The topological polar surface area (TPSA) is 46.9 Å². The van der Waals surface area contributed by atoms with E-state index in [2.05, 4.69) is 31.2 Å². The van der Waals surface area contributed by atoms with Gasteiger partial charge in [-0.1, -0.05) is 32.9 Å². The number of nitrogens with zero attached hydrogens (tertiary/aromatic N) is 2. The van der Waals surface area contributed by atoms with Gasteiger partial charge in [0.2, 0.25) is 0 Å². The largest absolute Gasteiger partial charge is 0.435 e. The first-order valence-corrected chi connectivity index (χ1v) is 8.06. The number of fused-ring (bicyclic) bond motifs is 1.